The molecule has 0 radical (unpaired) electrons. The molecule has 0 aliphatic carbocycles. The fraction of sp³-hybridized carbons (Fsp3) is 0.875. The van der Waals surface area contributed by atoms with Crippen LogP contribution in [0.1, 0.15) is 26.2 Å². The van der Waals surface area contributed by atoms with Gasteiger partial charge in [-0.1, -0.05) is 0 Å². The van der Waals surface area contributed by atoms with Gasteiger partial charge in [0.1, 0.15) is 0 Å². The third-order valence-electron chi connectivity index (χ3n) is 1.46. The minimum Gasteiger partial charge on any atom is -0.396 e. The van der Waals surface area contributed by atoms with Crippen LogP contribution in [-0.4, -0.2) is 30.8 Å². The monoisotopic (exact) mass is 173 g/mol. The van der Waals surface area contributed by atoms with Crippen molar-refractivity contribution in [3.63, 3.8) is 0 Å². The number of aliphatic hydroxyl groups is 1. The summed E-state index contributed by atoms with van der Waals surface area (Å²) in [6.45, 7) is 3.81. The second kappa shape index (κ2) is 8.33. The molecule has 0 amide bonds. The molecule has 0 unspecified atom stereocenters. The van der Waals surface area contributed by atoms with Crippen LogP contribution in [0.2, 0.25) is 0 Å². The SMILES string of the molecule is CCNC(N)=NCCCCCO. The van der Waals surface area contributed by atoms with Gasteiger partial charge in [0.2, 0.25) is 0 Å². The van der Waals surface area contributed by atoms with Crippen molar-refractivity contribution in [2.24, 2.45) is 10.7 Å². The number of unbranched alkanes of at least 4 members (excludes halogenated alkanes) is 2. The van der Waals surface area contributed by atoms with Crippen LogP contribution < -0.4 is 11.1 Å². The quantitative estimate of drug-likeness (QED) is 0.302. The highest BCUT2D eigenvalue weighted by molar-refractivity contribution is 5.77. The zero-order chi connectivity index (χ0) is 9.23. The van der Waals surface area contributed by atoms with Crippen LogP contribution >= 0.6 is 0 Å². The molecule has 4 N–H and O–H groups in total. The number of rotatable bonds is 6. The number of nitrogens with two attached hydrogens (primary N) is 1. The predicted molar refractivity (Wildman–Crippen MR) is 51.1 cm³/mol. The van der Waals surface area contributed by atoms with E-state index in [2.05, 4.69) is 10.3 Å². The molecular formula is C8H19N3O. The number of hydrogen-bond donors (Lipinski definition) is 3. The Hall–Kier alpha value is -0.770. The molecular weight excluding hydrogens is 154 g/mol. The maximum Gasteiger partial charge on any atom is 0.188 e. The Labute approximate surface area is 73.9 Å². The van der Waals surface area contributed by atoms with Gasteiger partial charge in [0.05, 0.1) is 0 Å². The zero-order valence-electron chi connectivity index (χ0n) is 7.71. The molecule has 0 rings (SSSR count). The third kappa shape index (κ3) is 7.34. The molecule has 0 fully saturated rings. The van der Waals surface area contributed by atoms with E-state index in [9.17, 15) is 0 Å². The van der Waals surface area contributed by atoms with Crippen LogP contribution in [0.15, 0.2) is 4.99 Å². The highest BCUT2D eigenvalue weighted by atomic mass is 16.2. The van der Waals surface area contributed by atoms with Crippen LogP contribution in [0.3, 0.4) is 0 Å². The van der Waals surface area contributed by atoms with Crippen LogP contribution in [0.5, 0.6) is 0 Å². The largest absolute Gasteiger partial charge is 0.396 e. The van der Waals surface area contributed by atoms with Gasteiger partial charge < -0.3 is 16.2 Å². The lowest BCUT2D eigenvalue weighted by atomic mass is 10.2. The fourth-order valence-corrected chi connectivity index (χ4v) is 0.837. The molecule has 0 aromatic heterocycles. The standard InChI is InChI=1S/C8H19N3O/c1-2-10-8(9)11-6-4-3-5-7-12/h12H,2-7H2,1H3,(H3,9,10,11). The molecule has 0 aromatic carbocycles. The second-order valence-electron chi connectivity index (χ2n) is 2.58. The van der Waals surface area contributed by atoms with E-state index in [0.717, 1.165) is 32.4 Å². The summed E-state index contributed by atoms with van der Waals surface area (Å²) in [5, 5.41) is 11.4. The molecule has 0 atom stereocenters. The van der Waals surface area contributed by atoms with Crippen molar-refractivity contribution in [3.05, 3.63) is 0 Å². The average Bonchev–Trinajstić information content (AvgIpc) is 2.05. The van der Waals surface area contributed by atoms with Crippen LogP contribution in [0.25, 0.3) is 0 Å². The predicted octanol–water partition coefficient (Wildman–Crippen LogP) is 0.0732. The van der Waals surface area contributed by atoms with E-state index in [-0.39, 0.29) is 6.61 Å². The number of nitrogens with zero attached hydrogens (tertiary/aromatic N) is 1. The number of guanidine groups is 1. The molecule has 0 spiro atoms. The molecule has 12 heavy (non-hydrogen) atoms. The Morgan fingerprint density at radius 2 is 2.17 bits per heavy atom. The average molecular weight is 173 g/mol. The summed E-state index contributed by atoms with van der Waals surface area (Å²) in [7, 11) is 0. The lowest BCUT2D eigenvalue weighted by Crippen LogP contribution is -2.31. The number of aliphatic imine (C=N–C) groups is 1. The van der Waals surface area contributed by atoms with Crippen molar-refractivity contribution in [1.82, 2.24) is 5.32 Å². The maximum atomic E-state index is 8.49. The van der Waals surface area contributed by atoms with Gasteiger partial charge in [0, 0.05) is 19.7 Å². The number of nitrogens with one attached hydrogen (secondary N) is 1. The fourth-order valence-electron chi connectivity index (χ4n) is 0.837. The Morgan fingerprint density at radius 3 is 2.75 bits per heavy atom. The van der Waals surface area contributed by atoms with E-state index >= 15 is 0 Å². The first-order valence-corrected chi connectivity index (χ1v) is 4.46. The summed E-state index contributed by atoms with van der Waals surface area (Å²) in [6.07, 6.45) is 2.86. The summed E-state index contributed by atoms with van der Waals surface area (Å²) >= 11 is 0. The van der Waals surface area contributed by atoms with Gasteiger partial charge in [-0.15, -0.1) is 0 Å². The van der Waals surface area contributed by atoms with E-state index in [4.69, 9.17) is 10.8 Å². The molecule has 0 aliphatic rings. The van der Waals surface area contributed by atoms with E-state index in [1.54, 1.807) is 0 Å². The first kappa shape index (κ1) is 11.2. The molecule has 0 heterocycles. The van der Waals surface area contributed by atoms with E-state index in [0.29, 0.717) is 5.96 Å². The molecule has 4 heteroatoms. The van der Waals surface area contributed by atoms with E-state index in [1.807, 2.05) is 6.92 Å². The number of hydrogen-bond acceptors (Lipinski definition) is 2. The topological polar surface area (TPSA) is 70.6 Å². The minimum absolute atomic E-state index is 0.270. The first-order chi connectivity index (χ1) is 5.81. The van der Waals surface area contributed by atoms with Crippen molar-refractivity contribution in [3.8, 4) is 0 Å². The van der Waals surface area contributed by atoms with Crippen LogP contribution in [0.4, 0.5) is 0 Å². The van der Waals surface area contributed by atoms with Gasteiger partial charge in [0.15, 0.2) is 5.96 Å². The summed E-state index contributed by atoms with van der Waals surface area (Å²) in [5.41, 5.74) is 5.49. The molecule has 0 aliphatic heterocycles. The van der Waals surface area contributed by atoms with Gasteiger partial charge in [-0.2, -0.15) is 0 Å². The zero-order valence-corrected chi connectivity index (χ0v) is 7.71. The summed E-state index contributed by atoms with van der Waals surface area (Å²) in [5.74, 6) is 0.515. The van der Waals surface area contributed by atoms with Gasteiger partial charge in [0.25, 0.3) is 0 Å². The Bertz CT molecular complexity index is 125. The van der Waals surface area contributed by atoms with Gasteiger partial charge in [-0.25, -0.2) is 0 Å². The highest BCUT2D eigenvalue weighted by Gasteiger charge is 1.88. The first-order valence-electron chi connectivity index (χ1n) is 4.46. The lowest BCUT2D eigenvalue weighted by molar-refractivity contribution is 0.283. The summed E-state index contributed by atoms with van der Waals surface area (Å²) in [4.78, 5) is 4.09. The second-order valence-corrected chi connectivity index (χ2v) is 2.58. The van der Waals surface area contributed by atoms with Crippen molar-refractivity contribution in [2.75, 3.05) is 19.7 Å². The Kier molecular flexibility index (Phi) is 7.79. The number of aliphatic hydroxyl groups excluding tert-OH is 1. The van der Waals surface area contributed by atoms with Crippen molar-refractivity contribution < 1.29 is 5.11 Å². The van der Waals surface area contributed by atoms with Gasteiger partial charge >= 0.3 is 0 Å². The maximum absolute atomic E-state index is 8.49. The smallest absolute Gasteiger partial charge is 0.188 e. The highest BCUT2D eigenvalue weighted by Crippen LogP contribution is 1.93. The molecule has 0 saturated heterocycles. The minimum atomic E-state index is 0.270. The van der Waals surface area contributed by atoms with Gasteiger partial charge in [-0.3, -0.25) is 4.99 Å². The molecule has 72 valence electrons. The molecule has 0 saturated carbocycles. The summed E-state index contributed by atoms with van der Waals surface area (Å²) in [6, 6.07) is 0. The van der Waals surface area contributed by atoms with E-state index < -0.39 is 0 Å². The molecule has 4 nitrogen and oxygen atoms in total. The normalized spacial score (nSPS) is 11.7. The lowest BCUT2D eigenvalue weighted by Gasteiger charge is -2.00. The van der Waals surface area contributed by atoms with Crippen molar-refractivity contribution in [1.29, 1.82) is 0 Å². The van der Waals surface area contributed by atoms with E-state index in [1.165, 1.54) is 0 Å². The summed E-state index contributed by atoms with van der Waals surface area (Å²) < 4.78 is 0. The van der Waals surface area contributed by atoms with Gasteiger partial charge in [-0.05, 0) is 26.2 Å². The van der Waals surface area contributed by atoms with Crippen molar-refractivity contribution >= 4 is 5.96 Å². The molecule has 0 aromatic rings. The van der Waals surface area contributed by atoms with Crippen molar-refractivity contribution in [2.45, 2.75) is 26.2 Å². The third-order valence-corrected chi connectivity index (χ3v) is 1.46. The Balaban J connectivity index is 3.21. The molecule has 0 bridgehead atoms. The Morgan fingerprint density at radius 1 is 1.42 bits per heavy atom. The van der Waals surface area contributed by atoms with Crippen LogP contribution in [0, 0.1) is 0 Å². The van der Waals surface area contributed by atoms with Crippen LogP contribution in [-0.2, 0) is 0 Å².